The van der Waals surface area contributed by atoms with E-state index in [4.69, 9.17) is 4.74 Å². The first kappa shape index (κ1) is 34.9. The van der Waals surface area contributed by atoms with E-state index in [9.17, 15) is 24.3 Å². The van der Waals surface area contributed by atoms with E-state index in [0.717, 1.165) is 36.5 Å². The summed E-state index contributed by atoms with van der Waals surface area (Å²) in [6.45, 7) is 13.9. The van der Waals surface area contributed by atoms with Crippen LogP contribution in [0.5, 0.6) is 0 Å². The standard InChI is InChI=1S/C34H50N2O6S3/c1-7-32(4)16-24(33(5)20(2)8-10-34(21(3)31(32)41)11-9-23(37)30(33)34)42-25(38)19-45-18-22-17-44-15-13-36(22)27-26(28(39)29(27)40)35-12-14-43-6/h7,20-22,24,30-31,35,41H,1,8-19H2,2-6H3/t20-,21+,22?,24-,30+,31+,32-,33+,34+/m1/s1. The van der Waals surface area contributed by atoms with Gasteiger partial charge in [-0.1, -0.05) is 33.8 Å². The largest absolute Gasteiger partial charge is 0.461 e. The number of thioether (sulfide) groups is 3. The number of rotatable bonds is 11. The normalized spacial score (nSPS) is 38.4. The first-order chi connectivity index (χ1) is 21.4. The molecule has 1 unspecified atom stereocenters. The molecule has 0 amide bonds. The summed E-state index contributed by atoms with van der Waals surface area (Å²) < 4.78 is 6.41. The van der Waals surface area contributed by atoms with Crippen molar-refractivity contribution < 1.29 is 19.4 Å². The van der Waals surface area contributed by atoms with Crippen molar-refractivity contribution >= 4 is 58.4 Å². The molecule has 0 spiro atoms. The van der Waals surface area contributed by atoms with Crippen LogP contribution in [0, 0.1) is 34.0 Å². The summed E-state index contributed by atoms with van der Waals surface area (Å²) >= 11 is 4.98. The Labute approximate surface area is 280 Å². The van der Waals surface area contributed by atoms with Gasteiger partial charge in [-0.3, -0.25) is 19.2 Å². The van der Waals surface area contributed by atoms with Gasteiger partial charge in [0.25, 0.3) is 10.9 Å². The van der Waals surface area contributed by atoms with E-state index < -0.39 is 33.9 Å². The lowest BCUT2D eigenvalue weighted by Crippen LogP contribution is -2.63. The first-order valence-electron chi connectivity index (χ1n) is 16.4. The van der Waals surface area contributed by atoms with Gasteiger partial charge in [-0.25, -0.2) is 0 Å². The lowest BCUT2D eigenvalue weighted by atomic mass is 9.44. The zero-order chi connectivity index (χ0) is 32.7. The maximum absolute atomic E-state index is 13.6. The molecular formula is C34H50N2O6S3. The Morgan fingerprint density at radius 3 is 2.69 bits per heavy atom. The first-order valence-corrected chi connectivity index (χ1v) is 20.1. The minimum Gasteiger partial charge on any atom is -0.461 e. The van der Waals surface area contributed by atoms with E-state index in [1.54, 1.807) is 11.8 Å². The lowest BCUT2D eigenvalue weighted by Gasteiger charge is -2.61. The Balaban J connectivity index is 1.31. The van der Waals surface area contributed by atoms with Gasteiger partial charge in [-0.05, 0) is 49.2 Å². The second-order valence-corrected chi connectivity index (χ2v) is 17.5. The van der Waals surface area contributed by atoms with Gasteiger partial charge >= 0.3 is 5.97 Å². The number of ether oxygens (including phenoxy) is 1. The molecular weight excluding hydrogens is 629 g/mol. The predicted octanol–water partition coefficient (Wildman–Crippen LogP) is 4.62. The number of aliphatic hydroxyl groups excluding tert-OH is 1. The quantitative estimate of drug-likeness (QED) is 0.148. The molecule has 1 aromatic rings. The van der Waals surface area contributed by atoms with E-state index >= 15 is 0 Å². The van der Waals surface area contributed by atoms with Crippen LogP contribution < -0.4 is 21.1 Å². The fourth-order valence-corrected chi connectivity index (χ4v) is 11.6. The third kappa shape index (κ3) is 5.94. The van der Waals surface area contributed by atoms with Crippen LogP contribution in [0.3, 0.4) is 0 Å². The molecule has 3 saturated carbocycles. The van der Waals surface area contributed by atoms with Crippen molar-refractivity contribution in [3.05, 3.63) is 33.1 Å². The van der Waals surface area contributed by atoms with Crippen molar-refractivity contribution in [2.24, 2.45) is 34.0 Å². The van der Waals surface area contributed by atoms with Crippen LogP contribution in [0.1, 0.15) is 59.8 Å². The van der Waals surface area contributed by atoms with Crippen LogP contribution in [0.2, 0.25) is 0 Å². The van der Waals surface area contributed by atoms with Gasteiger partial charge in [-0.15, -0.1) is 18.3 Å². The molecule has 0 aromatic heterocycles. The maximum atomic E-state index is 13.6. The van der Waals surface area contributed by atoms with E-state index in [2.05, 4.69) is 37.6 Å². The number of aliphatic hydroxyl groups is 1. The number of hydrogen-bond donors (Lipinski definition) is 2. The number of anilines is 2. The molecule has 8 nitrogen and oxygen atoms in total. The van der Waals surface area contributed by atoms with Crippen LogP contribution in [-0.2, 0) is 14.3 Å². The Kier molecular flexibility index (Phi) is 10.5. The summed E-state index contributed by atoms with van der Waals surface area (Å²) in [6.07, 6.45) is 6.14. The number of nitrogens with one attached hydrogen (secondary N) is 1. The SMILES string of the molecule is C=C[C@]1(C)C[C@@H](OC(=O)CSCC2CSCCN2c2c(NCCSC)c(=O)c2=O)[C@]2(C)[C@H](C)CC[C@]3(CCC(=O)[C@H]32)[C@@H](C)[C@@H]1O. The summed E-state index contributed by atoms with van der Waals surface area (Å²) in [6, 6.07) is 0.0145. The summed E-state index contributed by atoms with van der Waals surface area (Å²) in [5.41, 5.74) is -1.46. The van der Waals surface area contributed by atoms with Gasteiger partial charge in [-0.2, -0.15) is 23.5 Å². The smallest absolute Gasteiger partial charge is 0.316 e. The third-order valence-electron chi connectivity index (χ3n) is 12.1. The van der Waals surface area contributed by atoms with Crippen molar-refractivity contribution in [3.63, 3.8) is 0 Å². The molecule has 3 aliphatic carbocycles. The van der Waals surface area contributed by atoms with Crippen LogP contribution in [0.25, 0.3) is 0 Å². The average Bonchev–Trinajstić information content (AvgIpc) is 3.39. The van der Waals surface area contributed by atoms with E-state index in [1.165, 1.54) is 11.8 Å². The Bertz CT molecular complexity index is 1360. The zero-order valence-electron chi connectivity index (χ0n) is 27.4. The molecule has 5 rings (SSSR count). The van der Waals surface area contributed by atoms with Crippen LogP contribution in [0.15, 0.2) is 22.2 Å². The van der Waals surface area contributed by atoms with E-state index in [-0.39, 0.29) is 46.7 Å². The average molecular weight is 679 g/mol. The van der Waals surface area contributed by atoms with Gasteiger partial charge < -0.3 is 20.1 Å². The van der Waals surface area contributed by atoms with Gasteiger partial charge in [0.15, 0.2) is 0 Å². The summed E-state index contributed by atoms with van der Waals surface area (Å²) in [4.78, 5) is 54.3. The summed E-state index contributed by atoms with van der Waals surface area (Å²) in [7, 11) is 0. The molecule has 9 atom stereocenters. The van der Waals surface area contributed by atoms with E-state index in [0.29, 0.717) is 43.1 Å². The third-order valence-corrected chi connectivity index (χ3v) is 14.9. The number of nitrogens with zero attached hydrogens (tertiary/aromatic N) is 1. The van der Waals surface area contributed by atoms with Gasteiger partial charge in [0.2, 0.25) is 0 Å². The lowest BCUT2D eigenvalue weighted by molar-refractivity contribution is -0.205. The molecule has 1 saturated heterocycles. The zero-order valence-corrected chi connectivity index (χ0v) is 29.8. The van der Waals surface area contributed by atoms with Crippen molar-refractivity contribution in [2.45, 2.75) is 78.0 Å². The van der Waals surface area contributed by atoms with Crippen molar-refractivity contribution in [1.82, 2.24) is 0 Å². The molecule has 1 heterocycles. The second kappa shape index (κ2) is 13.6. The second-order valence-electron chi connectivity index (χ2n) is 14.3. The Morgan fingerprint density at radius 2 is 1.98 bits per heavy atom. The fraction of sp³-hybridized carbons (Fsp3) is 0.765. The predicted molar refractivity (Wildman–Crippen MR) is 189 cm³/mol. The molecule has 2 N–H and O–H groups in total. The van der Waals surface area contributed by atoms with Gasteiger partial charge in [0.1, 0.15) is 23.3 Å². The van der Waals surface area contributed by atoms with Crippen molar-refractivity contribution in [3.8, 4) is 0 Å². The number of esters is 1. The van der Waals surface area contributed by atoms with Crippen LogP contribution in [0.4, 0.5) is 11.4 Å². The molecule has 45 heavy (non-hydrogen) atoms. The minimum absolute atomic E-state index is 0.0145. The minimum atomic E-state index is -0.692. The molecule has 1 aliphatic heterocycles. The van der Waals surface area contributed by atoms with Crippen LogP contribution in [-0.4, -0.2) is 83.2 Å². The molecule has 2 bridgehead atoms. The highest BCUT2D eigenvalue weighted by Crippen LogP contribution is 2.68. The highest BCUT2D eigenvalue weighted by Gasteiger charge is 2.68. The van der Waals surface area contributed by atoms with Gasteiger partial charge in [0.05, 0.1) is 11.9 Å². The van der Waals surface area contributed by atoms with Crippen LogP contribution >= 0.6 is 35.3 Å². The Hall–Kier alpha value is -1.43. The number of carbonyl (C=O) groups excluding carboxylic acids is 2. The highest BCUT2D eigenvalue weighted by molar-refractivity contribution is 8.00. The topological polar surface area (TPSA) is 113 Å². The monoisotopic (exact) mass is 678 g/mol. The van der Waals surface area contributed by atoms with Crippen molar-refractivity contribution in [1.29, 1.82) is 0 Å². The number of Topliss-reactive ketones (excluding diaryl/α,β-unsaturated/α-hetero) is 1. The summed E-state index contributed by atoms with van der Waals surface area (Å²) in [5, 5.41) is 14.9. The molecule has 250 valence electrons. The molecule has 0 radical (unpaired) electrons. The molecule has 11 heteroatoms. The maximum Gasteiger partial charge on any atom is 0.316 e. The Morgan fingerprint density at radius 1 is 1.22 bits per heavy atom. The summed E-state index contributed by atoms with van der Waals surface area (Å²) in [5.74, 6) is 3.08. The van der Waals surface area contributed by atoms with E-state index in [1.807, 2.05) is 31.0 Å². The highest BCUT2D eigenvalue weighted by atomic mass is 32.2. The fourth-order valence-electron chi connectivity index (χ4n) is 9.16. The number of carbonyl (C=O) groups is 2. The molecule has 4 fully saturated rings. The number of hydrogen-bond acceptors (Lipinski definition) is 11. The van der Waals surface area contributed by atoms with Gasteiger partial charge in [0, 0.05) is 65.3 Å². The number of ketones is 1. The molecule has 4 aliphatic rings. The van der Waals surface area contributed by atoms with Crippen molar-refractivity contribution in [2.75, 3.05) is 58.3 Å². The molecule has 1 aromatic carbocycles.